The number of aromatic hydroxyl groups is 1. The molecule has 2 aromatic carbocycles. The molecule has 0 unspecified atom stereocenters. The zero-order valence-electron chi connectivity index (χ0n) is 8.97. The zero-order valence-corrected chi connectivity index (χ0v) is 8.97. The lowest BCUT2D eigenvalue weighted by molar-refractivity contribution is 0.465. The first-order valence-corrected chi connectivity index (χ1v) is 5.03. The third-order valence-corrected chi connectivity index (χ3v) is 2.22. The molecule has 0 spiro atoms. The van der Waals surface area contributed by atoms with Gasteiger partial charge in [-0.05, 0) is 36.4 Å². The number of phenols is 1. The zero-order chi connectivity index (χ0) is 11.4. The lowest BCUT2D eigenvalue weighted by Crippen LogP contribution is -1.92. The smallest absolute Gasteiger partial charge is 0.150 e. The summed E-state index contributed by atoms with van der Waals surface area (Å²) in [4.78, 5) is 0. The molecule has 0 amide bonds. The monoisotopic (exact) mass is 215 g/mol. The molecule has 0 heterocycles. The van der Waals surface area contributed by atoms with E-state index in [0.29, 0.717) is 5.75 Å². The Labute approximate surface area is 94.3 Å². The van der Waals surface area contributed by atoms with Crippen molar-refractivity contribution in [1.29, 1.82) is 0 Å². The van der Waals surface area contributed by atoms with Crippen LogP contribution in [-0.2, 0) is 0 Å². The number of benzene rings is 2. The number of nitrogens with one attached hydrogen (secondary N) is 1. The molecule has 0 bridgehead atoms. The molecule has 2 N–H and O–H groups in total. The van der Waals surface area contributed by atoms with Crippen molar-refractivity contribution in [3.05, 3.63) is 48.5 Å². The maximum atomic E-state index is 9.16. The summed E-state index contributed by atoms with van der Waals surface area (Å²) in [6, 6.07) is 14.3. The standard InChI is InChI=1S/C13H13NO2/c1-14-12-4-2-3-5-13(12)16-11-8-6-10(15)7-9-11/h2-9,14-15H,1H3. The SMILES string of the molecule is CNc1ccccc1Oc1ccc(O)cc1. The number of rotatable bonds is 3. The molecule has 3 nitrogen and oxygen atoms in total. The van der Waals surface area contributed by atoms with Crippen LogP contribution in [0.25, 0.3) is 0 Å². The molecular formula is C13H13NO2. The van der Waals surface area contributed by atoms with E-state index in [9.17, 15) is 0 Å². The average molecular weight is 215 g/mol. The summed E-state index contributed by atoms with van der Waals surface area (Å²) in [5.41, 5.74) is 0.926. The second-order valence-corrected chi connectivity index (χ2v) is 3.34. The van der Waals surface area contributed by atoms with Crippen LogP contribution in [0.3, 0.4) is 0 Å². The van der Waals surface area contributed by atoms with Crippen molar-refractivity contribution in [2.75, 3.05) is 12.4 Å². The van der Waals surface area contributed by atoms with Crippen LogP contribution in [0.4, 0.5) is 5.69 Å². The fourth-order valence-corrected chi connectivity index (χ4v) is 1.40. The third kappa shape index (κ3) is 2.25. The van der Waals surface area contributed by atoms with Gasteiger partial charge in [0.05, 0.1) is 5.69 Å². The van der Waals surface area contributed by atoms with Crippen LogP contribution in [0.2, 0.25) is 0 Å². The van der Waals surface area contributed by atoms with E-state index in [-0.39, 0.29) is 5.75 Å². The van der Waals surface area contributed by atoms with Gasteiger partial charge in [-0.2, -0.15) is 0 Å². The molecule has 2 rings (SSSR count). The van der Waals surface area contributed by atoms with Crippen LogP contribution in [0.15, 0.2) is 48.5 Å². The van der Waals surface area contributed by atoms with Crippen LogP contribution >= 0.6 is 0 Å². The Morgan fingerprint density at radius 3 is 2.38 bits per heavy atom. The topological polar surface area (TPSA) is 41.5 Å². The average Bonchev–Trinajstić information content (AvgIpc) is 2.33. The third-order valence-electron chi connectivity index (χ3n) is 2.22. The quantitative estimate of drug-likeness (QED) is 0.825. The highest BCUT2D eigenvalue weighted by atomic mass is 16.5. The van der Waals surface area contributed by atoms with Crippen molar-refractivity contribution < 1.29 is 9.84 Å². The fraction of sp³-hybridized carbons (Fsp3) is 0.0769. The molecule has 3 heteroatoms. The minimum Gasteiger partial charge on any atom is -0.508 e. The Balaban J connectivity index is 2.23. The van der Waals surface area contributed by atoms with E-state index in [1.54, 1.807) is 24.3 Å². The molecule has 2 aromatic rings. The number of para-hydroxylation sites is 2. The predicted molar refractivity (Wildman–Crippen MR) is 64.2 cm³/mol. The Morgan fingerprint density at radius 2 is 1.69 bits per heavy atom. The molecule has 82 valence electrons. The van der Waals surface area contributed by atoms with Gasteiger partial charge < -0.3 is 15.2 Å². The summed E-state index contributed by atoms with van der Waals surface area (Å²) in [5, 5.41) is 12.2. The van der Waals surface area contributed by atoms with Gasteiger partial charge in [-0.1, -0.05) is 12.1 Å². The van der Waals surface area contributed by atoms with Gasteiger partial charge in [0.1, 0.15) is 17.2 Å². The second kappa shape index (κ2) is 4.57. The van der Waals surface area contributed by atoms with Crippen molar-refractivity contribution in [3.63, 3.8) is 0 Å². The first-order chi connectivity index (χ1) is 7.79. The molecule has 0 aromatic heterocycles. The molecule has 0 fully saturated rings. The number of anilines is 1. The Kier molecular flexibility index (Phi) is 2.96. The largest absolute Gasteiger partial charge is 0.508 e. The van der Waals surface area contributed by atoms with Crippen LogP contribution in [-0.4, -0.2) is 12.2 Å². The summed E-state index contributed by atoms with van der Waals surface area (Å²) in [5.74, 6) is 1.69. The first kappa shape index (κ1) is 10.4. The molecule has 0 saturated heterocycles. The summed E-state index contributed by atoms with van der Waals surface area (Å²) in [6.45, 7) is 0. The van der Waals surface area contributed by atoms with E-state index in [1.165, 1.54) is 0 Å². The van der Waals surface area contributed by atoms with Gasteiger partial charge >= 0.3 is 0 Å². The van der Waals surface area contributed by atoms with Crippen molar-refractivity contribution in [2.45, 2.75) is 0 Å². The highest BCUT2D eigenvalue weighted by Crippen LogP contribution is 2.29. The van der Waals surface area contributed by atoms with Crippen molar-refractivity contribution >= 4 is 5.69 Å². The van der Waals surface area contributed by atoms with E-state index in [0.717, 1.165) is 11.4 Å². The van der Waals surface area contributed by atoms with E-state index in [1.807, 2.05) is 31.3 Å². The molecule has 0 aliphatic rings. The van der Waals surface area contributed by atoms with Gasteiger partial charge in [-0.25, -0.2) is 0 Å². The Bertz CT molecular complexity index is 466. The van der Waals surface area contributed by atoms with E-state index >= 15 is 0 Å². The molecule has 0 aliphatic carbocycles. The van der Waals surface area contributed by atoms with Gasteiger partial charge in [-0.3, -0.25) is 0 Å². The van der Waals surface area contributed by atoms with Crippen LogP contribution in [0, 0.1) is 0 Å². The van der Waals surface area contributed by atoms with E-state index in [2.05, 4.69) is 5.32 Å². The molecule has 0 atom stereocenters. The summed E-state index contributed by atoms with van der Waals surface area (Å²) >= 11 is 0. The minimum absolute atomic E-state index is 0.231. The Hall–Kier alpha value is -2.16. The summed E-state index contributed by atoms with van der Waals surface area (Å²) < 4.78 is 5.68. The van der Waals surface area contributed by atoms with Crippen molar-refractivity contribution in [1.82, 2.24) is 0 Å². The molecule has 0 radical (unpaired) electrons. The minimum atomic E-state index is 0.231. The van der Waals surface area contributed by atoms with Gasteiger partial charge in [0.2, 0.25) is 0 Å². The number of phenolic OH excluding ortho intramolecular Hbond substituents is 1. The molecule has 16 heavy (non-hydrogen) atoms. The van der Waals surface area contributed by atoms with E-state index < -0.39 is 0 Å². The molecule has 0 saturated carbocycles. The molecule has 0 aliphatic heterocycles. The Morgan fingerprint density at radius 1 is 1.00 bits per heavy atom. The lowest BCUT2D eigenvalue weighted by atomic mass is 10.3. The van der Waals surface area contributed by atoms with Gasteiger partial charge in [-0.15, -0.1) is 0 Å². The molecular weight excluding hydrogens is 202 g/mol. The number of hydrogen-bond acceptors (Lipinski definition) is 3. The first-order valence-electron chi connectivity index (χ1n) is 5.03. The summed E-state index contributed by atoms with van der Waals surface area (Å²) in [7, 11) is 1.85. The van der Waals surface area contributed by atoms with Crippen molar-refractivity contribution in [3.8, 4) is 17.2 Å². The highest BCUT2D eigenvalue weighted by molar-refractivity contribution is 5.57. The maximum absolute atomic E-state index is 9.16. The number of hydrogen-bond donors (Lipinski definition) is 2. The van der Waals surface area contributed by atoms with Crippen LogP contribution in [0.1, 0.15) is 0 Å². The van der Waals surface area contributed by atoms with Gasteiger partial charge in [0.15, 0.2) is 0 Å². The van der Waals surface area contributed by atoms with Gasteiger partial charge in [0, 0.05) is 7.05 Å². The number of ether oxygens (including phenoxy) is 1. The van der Waals surface area contributed by atoms with Gasteiger partial charge in [0.25, 0.3) is 0 Å². The maximum Gasteiger partial charge on any atom is 0.150 e. The lowest BCUT2D eigenvalue weighted by Gasteiger charge is -2.10. The normalized spacial score (nSPS) is 9.81. The van der Waals surface area contributed by atoms with Crippen LogP contribution in [0.5, 0.6) is 17.2 Å². The second-order valence-electron chi connectivity index (χ2n) is 3.34. The fourth-order valence-electron chi connectivity index (χ4n) is 1.40. The van der Waals surface area contributed by atoms with Crippen molar-refractivity contribution in [2.24, 2.45) is 0 Å². The van der Waals surface area contributed by atoms with E-state index in [4.69, 9.17) is 9.84 Å². The predicted octanol–water partition coefficient (Wildman–Crippen LogP) is 3.23. The van der Waals surface area contributed by atoms with Crippen LogP contribution < -0.4 is 10.1 Å². The summed E-state index contributed by atoms with van der Waals surface area (Å²) in [6.07, 6.45) is 0. The highest BCUT2D eigenvalue weighted by Gasteiger charge is 2.02.